The van der Waals surface area contributed by atoms with E-state index in [4.69, 9.17) is 0 Å². The van der Waals surface area contributed by atoms with E-state index in [1.165, 1.54) is 92.6 Å². The maximum atomic E-state index is 2.57. The molecule has 0 fully saturated rings. The average Bonchev–Trinajstić information content (AvgIpc) is 3.51. The van der Waals surface area contributed by atoms with E-state index in [1.807, 2.05) is 11.8 Å². The molecule has 0 bridgehead atoms. The third-order valence-electron chi connectivity index (χ3n) is 11.2. The normalized spacial score (nSPS) is 17.7. The van der Waals surface area contributed by atoms with E-state index in [2.05, 4.69) is 168 Å². The van der Waals surface area contributed by atoms with Crippen LogP contribution in [0.3, 0.4) is 0 Å². The van der Waals surface area contributed by atoms with Crippen LogP contribution >= 0.6 is 11.8 Å². The molecule has 49 heavy (non-hydrogen) atoms. The number of nitrogens with zero attached hydrogens (tertiary/aromatic N) is 1. The fourth-order valence-electron chi connectivity index (χ4n) is 9.13. The highest BCUT2D eigenvalue weighted by molar-refractivity contribution is 8.03. The van der Waals surface area contributed by atoms with Gasteiger partial charge in [-0.1, -0.05) is 157 Å². The molecule has 3 aliphatic rings. The second-order valence-electron chi connectivity index (χ2n) is 13.5. The van der Waals surface area contributed by atoms with Crippen LogP contribution in [-0.2, 0) is 5.41 Å². The van der Waals surface area contributed by atoms with Crippen molar-refractivity contribution < 1.29 is 0 Å². The maximum Gasteiger partial charge on any atom is 0.0761 e. The predicted octanol–water partition coefficient (Wildman–Crippen LogP) is 12.5. The fourth-order valence-corrected chi connectivity index (χ4v) is 10.4. The lowest BCUT2D eigenvalue weighted by molar-refractivity contribution is 0.693. The zero-order valence-corrected chi connectivity index (χ0v) is 27.7. The zero-order chi connectivity index (χ0) is 32.1. The van der Waals surface area contributed by atoms with Crippen LogP contribution in [0.1, 0.15) is 35.1 Å². The monoisotopic (exact) mass is 641 g/mol. The van der Waals surface area contributed by atoms with Crippen molar-refractivity contribution in [1.29, 1.82) is 0 Å². The molecule has 1 unspecified atom stereocenters. The molecule has 0 saturated carbocycles. The first-order valence-corrected chi connectivity index (χ1v) is 18.0. The van der Waals surface area contributed by atoms with E-state index in [0.717, 1.165) is 12.8 Å². The Kier molecular flexibility index (Phi) is 5.71. The van der Waals surface area contributed by atoms with Gasteiger partial charge < -0.3 is 4.57 Å². The van der Waals surface area contributed by atoms with Gasteiger partial charge in [-0.05, 0) is 91.2 Å². The van der Waals surface area contributed by atoms with Gasteiger partial charge in [0.2, 0.25) is 0 Å². The molecule has 0 saturated heterocycles. The lowest BCUT2D eigenvalue weighted by Crippen LogP contribution is -2.38. The third kappa shape index (κ3) is 3.67. The Morgan fingerprint density at radius 2 is 1.18 bits per heavy atom. The Bertz CT molecular complexity index is 2740. The highest BCUT2D eigenvalue weighted by atomic mass is 32.2. The molecule has 0 radical (unpaired) electrons. The molecule has 1 atom stereocenters. The number of rotatable bonds is 2. The smallest absolute Gasteiger partial charge is 0.0761 e. The van der Waals surface area contributed by atoms with Gasteiger partial charge in [-0.25, -0.2) is 0 Å². The topological polar surface area (TPSA) is 4.93 Å². The van der Waals surface area contributed by atoms with Crippen LogP contribution < -0.4 is 0 Å². The van der Waals surface area contributed by atoms with Gasteiger partial charge >= 0.3 is 0 Å². The predicted molar refractivity (Wildman–Crippen MR) is 207 cm³/mol. The van der Waals surface area contributed by atoms with Crippen LogP contribution in [0.2, 0.25) is 0 Å². The van der Waals surface area contributed by atoms with E-state index in [9.17, 15) is 0 Å². The average molecular weight is 642 g/mol. The molecule has 1 spiro atoms. The van der Waals surface area contributed by atoms with Gasteiger partial charge in [0.05, 0.1) is 22.1 Å². The van der Waals surface area contributed by atoms with Crippen LogP contribution in [-0.4, -0.2) is 4.57 Å². The number of para-hydroxylation sites is 3. The Balaban J connectivity index is 1.16. The second-order valence-corrected chi connectivity index (χ2v) is 14.7. The molecule has 2 heteroatoms. The van der Waals surface area contributed by atoms with Gasteiger partial charge in [0.15, 0.2) is 0 Å². The molecule has 230 valence electrons. The molecular formula is C47H31NS. The summed E-state index contributed by atoms with van der Waals surface area (Å²) in [6.07, 6.45) is 4.64. The number of fused-ring (bicyclic) bond motifs is 11. The number of hydrogen-bond donors (Lipinski definition) is 0. The quantitative estimate of drug-likeness (QED) is 0.182. The molecule has 1 aliphatic carbocycles. The van der Waals surface area contributed by atoms with Crippen molar-refractivity contribution >= 4 is 49.9 Å². The molecule has 1 nitrogen and oxygen atoms in total. The number of aromatic nitrogens is 1. The SMILES string of the molecule is C1=C(c2ccc(-c3cccc4ccccc34)cc2)CCC2=C1C1(c3ccccc3S2)c2ccccc2-n2c3ccccc3c3cccc1c32. The molecule has 7 aromatic carbocycles. The number of thioether (sulfide) groups is 1. The molecule has 3 heterocycles. The first kappa shape index (κ1) is 27.4. The largest absolute Gasteiger partial charge is 0.309 e. The summed E-state index contributed by atoms with van der Waals surface area (Å²) in [7, 11) is 0. The summed E-state index contributed by atoms with van der Waals surface area (Å²) in [5.74, 6) is 0. The Morgan fingerprint density at radius 1 is 0.510 bits per heavy atom. The Morgan fingerprint density at radius 3 is 2.10 bits per heavy atom. The Hall–Kier alpha value is -5.57. The minimum absolute atomic E-state index is 0.424. The lowest BCUT2D eigenvalue weighted by atomic mass is 9.61. The second kappa shape index (κ2) is 10.2. The summed E-state index contributed by atoms with van der Waals surface area (Å²) in [6.45, 7) is 0. The van der Waals surface area contributed by atoms with Crippen molar-refractivity contribution in [2.45, 2.75) is 23.2 Å². The van der Waals surface area contributed by atoms with Crippen LogP contribution in [0, 0.1) is 0 Å². The van der Waals surface area contributed by atoms with Gasteiger partial charge in [0.1, 0.15) is 0 Å². The van der Waals surface area contributed by atoms with Gasteiger partial charge in [-0.3, -0.25) is 0 Å². The number of hydrogen-bond acceptors (Lipinski definition) is 1. The standard InChI is InChI=1S/C47H31NS/c1-2-13-34-31(11-1)12-9-15-35(34)32-25-23-30(24-26-32)33-27-28-45-41(29-33)47(39-18-5-8-22-44(39)49-45)38-17-4-7-21-43(38)48-42-20-6-3-14-36(42)37-16-10-19-40(47)46(37)48/h1-26,29H,27-28H2. The van der Waals surface area contributed by atoms with Gasteiger partial charge in [-0.15, -0.1) is 0 Å². The summed E-state index contributed by atoms with van der Waals surface area (Å²) in [6, 6.07) is 58.9. The van der Waals surface area contributed by atoms with Gasteiger partial charge in [-0.2, -0.15) is 0 Å². The van der Waals surface area contributed by atoms with Crippen molar-refractivity contribution in [3.8, 4) is 16.8 Å². The van der Waals surface area contributed by atoms with Crippen LogP contribution in [0.5, 0.6) is 0 Å². The number of benzene rings is 7. The first-order valence-electron chi connectivity index (χ1n) is 17.2. The summed E-state index contributed by atoms with van der Waals surface area (Å²) in [4.78, 5) is 2.86. The summed E-state index contributed by atoms with van der Waals surface area (Å²) in [5.41, 5.74) is 14.3. The number of allylic oxidation sites excluding steroid dienone is 4. The van der Waals surface area contributed by atoms with Crippen molar-refractivity contribution in [2.24, 2.45) is 0 Å². The summed E-state index contributed by atoms with van der Waals surface area (Å²) < 4.78 is 2.53. The van der Waals surface area contributed by atoms with Crippen molar-refractivity contribution in [3.05, 3.63) is 197 Å². The summed E-state index contributed by atoms with van der Waals surface area (Å²) in [5, 5.41) is 5.21. The lowest BCUT2D eigenvalue weighted by Gasteiger charge is -2.47. The highest BCUT2D eigenvalue weighted by Gasteiger charge is 2.50. The fraction of sp³-hybridized carbons (Fsp3) is 0.0638. The highest BCUT2D eigenvalue weighted by Crippen LogP contribution is 2.62. The first-order chi connectivity index (χ1) is 24.3. The molecular weight excluding hydrogens is 611 g/mol. The molecule has 8 aromatic rings. The van der Waals surface area contributed by atoms with Crippen LogP contribution in [0.4, 0.5) is 0 Å². The van der Waals surface area contributed by atoms with Crippen molar-refractivity contribution in [3.63, 3.8) is 0 Å². The molecule has 0 N–H and O–H groups in total. The van der Waals surface area contributed by atoms with E-state index >= 15 is 0 Å². The molecule has 1 aromatic heterocycles. The van der Waals surface area contributed by atoms with Crippen LogP contribution in [0.25, 0.3) is 55.0 Å². The molecule has 11 rings (SSSR count). The van der Waals surface area contributed by atoms with E-state index in [0.29, 0.717) is 0 Å². The maximum absolute atomic E-state index is 2.57. The summed E-state index contributed by atoms with van der Waals surface area (Å²) >= 11 is 1.99. The third-order valence-corrected chi connectivity index (χ3v) is 12.4. The zero-order valence-electron chi connectivity index (χ0n) is 26.9. The van der Waals surface area contributed by atoms with Gasteiger partial charge in [0.25, 0.3) is 0 Å². The Labute approximate surface area is 289 Å². The van der Waals surface area contributed by atoms with E-state index in [-0.39, 0.29) is 0 Å². The minimum Gasteiger partial charge on any atom is -0.309 e. The molecule has 0 amide bonds. The van der Waals surface area contributed by atoms with Crippen molar-refractivity contribution in [2.75, 3.05) is 0 Å². The van der Waals surface area contributed by atoms with Gasteiger partial charge in [0, 0.05) is 15.7 Å². The van der Waals surface area contributed by atoms with Crippen LogP contribution in [0.15, 0.2) is 179 Å². The minimum atomic E-state index is -0.424. The van der Waals surface area contributed by atoms with Crippen molar-refractivity contribution in [1.82, 2.24) is 4.57 Å². The van der Waals surface area contributed by atoms with E-state index < -0.39 is 5.41 Å². The van der Waals surface area contributed by atoms with E-state index in [1.54, 1.807) is 0 Å². The molecule has 2 aliphatic heterocycles.